The molecule has 0 heterocycles. The number of allylic oxidation sites excluding steroid dienone is 16. The van der Waals surface area contributed by atoms with Crippen molar-refractivity contribution in [1.82, 2.24) is 0 Å². The van der Waals surface area contributed by atoms with Crippen LogP contribution in [0.2, 0.25) is 0 Å². The van der Waals surface area contributed by atoms with E-state index in [0.29, 0.717) is 19.4 Å². The van der Waals surface area contributed by atoms with Crippen molar-refractivity contribution in [3.05, 3.63) is 157 Å². The number of guanidine groups is 1. The number of carboxylic acids is 1. The van der Waals surface area contributed by atoms with Crippen LogP contribution in [-0.4, -0.2) is 172 Å². The number of aliphatic carboxylic acids is 1. The number of rotatable bonds is 47. The highest BCUT2D eigenvalue weighted by atomic mass is 32.3. The van der Waals surface area contributed by atoms with Crippen molar-refractivity contribution < 1.29 is 88.0 Å². The Hall–Kier alpha value is -5.54. The van der Waals surface area contributed by atoms with E-state index >= 15 is 0 Å². The fraction of sp³-hybridized carbons (Fsp3) is 0.540. The average molecular weight is 1220 g/mol. The number of hydrogen-bond acceptors (Lipinski definition) is 17. The van der Waals surface area contributed by atoms with Crippen LogP contribution in [0.5, 0.6) is 0 Å². The standard InChI is InChI=1S/C63H99N3O18S/c1-45(27-19-15-11-10-12-16-20-28-46(2)62(79)80)61(78)48(4)58(76)36-21-17-13-8-6-5-7-9-14-18-22-37-60(84-85(81,82)83)47(3)59(77)44-57(75)43-54(72)34-25-33-53(71)42-56(74)41-52(70)32-24-31-50(68)39-49(67)29-23-30-51(69)40-55(73)35-26-38-66-63(64)65/h5-10,12-14,16-25,27-29,32,34,36,45,47-58,60-61,67-76,78H,11,15,26,30-31,33,35,37-44H2,1-4H3,(H,79,80)(H4,64,65,66)(H,81,82,83)/b7-5+,8-6+,12-10+,14-9+,17-13+,20-16+,22-18+,27-19+,29-23+,32-24+,34-25+,36-21+,46-28-. The highest BCUT2D eigenvalue weighted by Gasteiger charge is 2.30. The zero-order chi connectivity index (χ0) is 64.2. The van der Waals surface area contributed by atoms with E-state index in [2.05, 4.69) is 4.99 Å². The Morgan fingerprint density at radius 3 is 1.52 bits per heavy atom. The first-order valence-corrected chi connectivity index (χ1v) is 30.1. The summed E-state index contributed by atoms with van der Waals surface area (Å²) in [6.07, 6.45) is 30.9. The number of carbonyl (C=O) groups is 2. The molecule has 15 atom stereocenters. The van der Waals surface area contributed by atoms with Crippen molar-refractivity contribution in [1.29, 1.82) is 0 Å². The van der Waals surface area contributed by atoms with Crippen molar-refractivity contribution in [3.63, 3.8) is 0 Å². The highest BCUT2D eigenvalue weighted by Crippen LogP contribution is 2.21. The molecule has 0 aromatic carbocycles. The third kappa shape index (κ3) is 45.4. The molecule has 0 amide bonds. The lowest BCUT2D eigenvalue weighted by Gasteiger charge is -2.25. The summed E-state index contributed by atoms with van der Waals surface area (Å²) in [5, 5.41) is 123. The van der Waals surface area contributed by atoms with Crippen LogP contribution in [0.4, 0.5) is 0 Å². The molecule has 0 rings (SSSR count). The number of carboxylic acid groups (broad SMARTS) is 1. The molecule has 17 N–H and O–H groups in total. The van der Waals surface area contributed by atoms with Crippen LogP contribution in [0.15, 0.2) is 162 Å². The minimum Gasteiger partial charge on any atom is -0.478 e. The summed E-state index contributed by atoms with van der Waals surface area (Å²) in [6.45, 7) is 6.93. The first kappa shape index (κ1) is 79.5. The van der Waals surface area contributed by atoms with Crippen molar-refractivity contribution >= 4 is 28.1 Å². The van der Waals surface area contributed by atoms with E-state index in [4.69, 9.17) is 20.8 Å². The third-order valence-corrected chi connectivity index (χ3v) is 13.6. The van der Waals surface area contributed by atoms with Crippen LogP contribution in [-0.2, 0) is 24.2 Å². The Morgan fingerprint density at radius 2 is 0.988 bits per heavy atom. The van der Waals surface area contributed by atoms with Gasteiger partial charge in [-0.2, -0.15) is 8.42 Å². The van der Waals surface area contributed by atoms with Crippen LogP contribution in [0.1, 0.15) is 118 Å². The Kier molecular flexibility index (Phi) is 44.5. The Labute approximate surface area is 503 Å². The number of unbranched alkanes of at least 4 members (excludes halogenated alkanes) is 1. The first-order valence-electron chi connectivity index (χ1n) is 28.7. The summed E-state index contributed by atoms with van der Waals surface area (Å²) in [4.78, 5) is 27.7. The predicted octanol–water partition coefficient (Wildman–Crippen LogP) is 5.06. The summed E-state index contributed by atoms with van der Waals surface area (Å²) in [5.41, 5.74) is 10.8. The molecule has 0 spiro atoms. The number of aliphatic hydroxyl groups is 11. The predicted molar refractivity (Wildman–Crippen MR) is 331 cm³/mol. The van der Waals surface area contributed by atoms with Crippen LogP contribution in [0, 0.1) is 17.8 Å². The fourth-order valence-electron chi connectivity index (χ4n) is 8.07. The summed E-state index contributed by atoms with van der Waals surface area (Å²) in [7, 11) is -4.96. The smallest absolute Gasteiger partial charge is 0.397 e. The first-order chi connectivity index (χ1) is 40.1. The molecule has 0 aromatic heterocycles. The lowest BCUT2D eigenvalue weighted by atomic mass is 9.88. The van der Waals surface area contributed by atoms with E-state index in [1.54, 1.807) is 92.0 Å². The van der Waals surface area contributed by atoms with Crippen molar-refractivity contribution in [3.8, 4) is 0 Å². The molecule has 0 fully saturated rings. The molecule has 0 bridgehead atoms. The number of carbonyl (C=O) groups excluding carboxylic acids is 1. The van der Waals surface area contributed by atoms with Gasteiger partial charge < -0.3 is 72.7 Å². The van der Waals surface area contributed by atoms with Gasteiger partial charge in [0.1, 0.15) is 5.78 Å². The van der Waals surface area contributed by atoms with Crippen molar-refractivity contribution in [2.24, 2.45) is 34.2 Å². The Bertz CT molecular complexity index is 2400. The maximum Gasteiger partial charge on any atom is 0.397 e. The number of nitrogens with two attached hydrogens (primary N) is 2. The molecule has 22 heteroatoms. The van der Waals surface area contributed by atoms with Gasteiger partial charge in [-0.05, 0) is 71.1 Å². The molecule has 0 aromatic rings. The molecule has 0 aliphatic carbocycles. The van der Waals surface area contributed by atoms with Crippen LogP contribution >= 0.6 is 0 Å². The lowest BCUT2D eigenvalue weighted by Crippen LogP contribution is -2.32. The fourth-order valence-corrected chi connectivity index (χ4v) is 8.63. The van der Waals surface area contributed by atoms with Gasteiger partial charge in [-0.1, -0.05) is 173 Å². The maximum absolute atomic E-state index is 13.1. The minimum absolute atomic E-state index is 0.00161. The van der Waals surface area contributed by atoms with Gasteiger partial charge in [-0.25, -0.2) is 8.98 Å². The third-order valence-electron chi connectivity index (χ3n) is 13.1. The number of ketones is 1. The number of nitrogens with zero attached hydrogens (tertiary/aromatic N) is 1. The van der Waals surface area contributed by atoms with Gasteiger partial charge in [0.05, 0.1) is 73.2 Å². The zero-order valence-corrected chi connectivity index (χ0v) is 50.4. The van der Waals surface area contributed by atoms with Gasteiger partial charge in [0.15, 0.2) is 5.96 Å². The summed E-state index contributed by atoms with van der Waals surface area (Å²) in [5.74, 6) is -3.29. The summed E-state index contributed by atoms with van der Waals surface area (Å²) in [6, 6.07) is 0. The SMILES string of the molecule is C/C(=C/C=C/C=C/CC/C=C/C(C)C(O)C(C)C(O)/C=C/C=C/C=C/C=C/C=C/C=C/CC(OS(=O)(=O)O)C(C)C(=O)CC(O)CC(O)/C=C/CC(O)CC(O)CC(O)/C=C/CC(O)CC(O)/C=C/CC(O)CC(O)CCCN=C(N)N)C(=O)O. The molecule has 0 saturated heterocycles. The van der Waals surface area contributed by atoms with E-state index in [0.717, 1.165) is 12.8 Å². The van der Waals surface area contributed by atoms with Gasteiger partial charge in [-0.15, -0.1) is 0 Å². The van der Waals surface area contributed by atoms with E-state index in [1.165, 1.54) is 56.4 Å². The number of aliphatic imine (C=N–C) groups is 1. The van der Waals surface area contributed by atoms with E-state index in [-0.39, 0.29) is 75.2 Å². The van der Waals surface area contributed by atoms with Crippen LogP contribution < -0.4 is 11.5 Å². The Balaban J connectivity index is 4.79. The Morgan fingerprint density at radius 1 is 0.529 bits per heavy atom. The van der Waals surface area contributed by atoms with Crippen molar-refractivity contribution in [2.75, 3.05) is 6.54 Å². The quantitative estimate of drug-likeness (QED) is 0.00720. The van der Waals surface area contributed by atoms with E-state index in [1.807, 2.05) is 31.2 Å². The molecule has 15 unspecified atom stereocenters. The van der Waals surface area contributed by atoms with Crippen LogP contribution in [0.3, 0.4) is 0 Å². The van der Waals surface area contributed by atoms with Crippen molar-refractivity contribution in [2.45, 2.75) is 191 Å². The number of hydrogen-bond donors (Lipinski definition) is 15. The molecule has 0 radical (unpaired) electrons. The summed E-state index contributed by atoms with van der Waals surface area (Å²) < 4.78 is 37.4. The normalized spacial score (nSPS) is 18.9. The van der Waals surface area contributed by atoms with Gasteiger partial charge >= 0.3 is 16.4 Å². The molecule has 0 aliphatic rings. The van der Waals surface area contributed by atoms with Gasteiger partial charge in [0.25, 0.3) is 0 Å². The molecule has 480 valence electrons. The lowest BCUT2D eigenvalue weighted by molar-refractivity contribution is -0.132. The number of aliphatic hydroxyl groups excluding tert-OH is 11. The van der Waals surface area contributed by atoms with Crippen LogP contribution in [0.25, 0.3) is 0 Å². The minimum atomic E-state index is -4.96. The van der Waals surface area contributed by atoms with E-state index < -0.39 is 114 Å². The molecular weight excluding hydrogens is 1120 g/mol. The molecule has 85 heavy (non-hydrogen) atoms. The zero-order valence-electron chi connectivity index (χ0n) is 49.6. The second-order valence-electron chi connectivity index (χ2n) is 21.0. The topological polar surface area (TPSA) is 405 Å². The molecular formula is C63H99N3O18S. The second kappa shape index (κ2) is 47.6. The molecule has 0 saturated carbocycles. The summed E-state index contributed by atoms with van der Waals surface area (Å²) >= 11 is 0. The monoisotopic (exact) mass is 1220 g/mol. The maximum atomic E-state index is 13.1. The van der Waals surface area contributed by atoms with Gasteiger partial charge in [0, 0.05) is 55.6 Å². The second-order valence-corrected chi connectivity index (χ2v) is 22.1. The molecule has 0 aliphatic heterocycles. The van der Waals surface area contributed by atoms with Gasteiger partial charge in [-0.3, -0.25) is 14.3 Å². The molecule has 21 nitrogen and oxygen atoms in total. The van der Waals surface area contributed by atoms with Gasteiger partial charge in [0.2, 0.25) is 0 Å². The number of Topliss-reactive ketones (excluding diaryl/α,β-unsaturated/α-hetero) is 1. The average Bonchev–Trinajstić information content (AvgIpc) is 3.60. The highest BCUT2D eigenvalue weighted by molar-refractivity contribution is 7.80. The van der Waals surface area contributed by atoms with E-state index in [9.17, 15) is 78.7 Å². The largest absolute Gasteiger partial charge is 0.478 e.